The monoisotopic (exact) mass is 455 g/mol. The van der Waals surface area contributed by atoms with E-state index in [-0.39, 0.29) is 4.90 Å². The Balaban J connectivity index is 1.66. The summed E-state index contributed by atoms with van der Waals surface area (Å²) in [5, 5.41) is 2.67. The van der Waals surface area contributed by atoms with Gasteiger partial charge in [-0.25, -0.2) is 8.42 Å². The molecule has 0 aliphatic carbocycles. The van der Waals surface area contributed by atoms with Crippen LogP contribution in [0.1, 0.15) is 18.4 Å². The second-order valence-electron chi connectivity index (χ2n) is 6.90. The van der Waals surface area contributed by atoms with Crippen LogP contribution < -0.4 is 19.5 Å². The number of aliphatic imine (C=N–C) groups is 1. The summed E-state index contributed by atoms with van der Waals surface area (Å²) in [5.74, 6) is 1.16. The second-order valence-corrected chi connectivity index (χ2v) is 8.58. The van der Waals surface area contributed by atoms with Crippen LogP contribution in [0.2, 0.25) is 0 Å². The van der Waals surface area contributed by atoms with Gasteiger partial charge in [0.15, 0.2) is 11.5 Å². The van der Waals surface area contributed by atoms with E-state index in [1.54, 1.807) is 42.5 Å². The molecule has 0 radical (unpaired) electrons. The highest BCUT2D eigenvalue weighted by Gasteiger charge is 2.18. The molecule has 2 N–H and O–H groups in total. The first kappa shape index (κ1) is 23.1. The molecule has 0 fully saturated rings. The molecule has 3 rings (SSSR count). The first-order chi connectivity index (χ1) is 15.4. The first-order valence-electron chi connectivity index (χ1n) is 9.98. The number of hydrogen-bond donors (Lipinski definition) is 2. The Kier molecular flexibility index (Phi) is 7.67. The molecule has 0 spiro atoms. The van der Waals surface area contributed by atoms with E-state index in [1.165, 1.54) is 25.3 Å². The van der Waals surface area contributed by atoms with Crippen LogP contribution in [0, 0.1) is 0 Å². The minimum absolute atomic E-state index is 0.0497. The Hall–Kier alpha value is -3.59. The highest BCUT2D eigenvalue weighted by atomic mass is 32.2. The van der Waals surface area contributed by atoms with Crippen molar-refractivity contribution in [1.82, 2.24) is 4.72 Å². The zero-order valence-electron chi connectivity index (χ0n) is 17.7. The molecule has 1 aliphatic heterocycles. The number of nitrogens with one attached hydrogen (secondary N) is 2. The lowest BCUT2D eigenvalue weighted by Gasteiger charge is -2.10. The first-order valence-corrected chi connectivity index (χ1v) is 11.5. The topological polar surface area (TPSA) is 106 Å². The molecular formula is C23H25N3O5S. The van der Waals surface area contributed by atoms with E-state index in [1.807, 2.05) is 0 Å². The zero-order valence-corrected chi connectivity index (χ0v) is 18.5. The number of hydrogen-bond acceptors (Lipinski definition) is 6. The van der Waals surface area contributed by atoms with Crippen LogP contribution in [0.3, 0.4) is 0 Å². The van der Waals surface area contributed by atoms with Crippen molar-refractivity contribution in [2.45, 2.75) is 17.7 Å². The summed E-state index contributed by atoms with van der Waals surface area (Å²) in [6.07, 6.45) is 6.04. The van der Waals surface area contributed by atoms with E-state index in [2.05, 4.69) is 21.6 Å². The van der Waals surface area contributed by atoms with Gasteiger partial charge in [-0.15, -0.1) is 0 Å². The fourth-order valence-electron chi connectivity index (χ4n) is 2.99. The van der Waals surface area contributed by atoms with Gasteiger partial charge < -0.3 is 14.8 Å². The fourth-order valence-corrected chi connectivity index (χ4v) is 4.12. The Morgan fingerprint density at radius 3 is 2.78 bits per heavy atom. The SMILES string of the molecule is C=CCOc1ccc(/C=C/C(=O)Nc2cccc(S(=O)(=O)NC3=NCCC3)c2)cc1OC. The van der Waals surface area contributed by atoms with Crippen molar-refractivity contribution in [1.29, 1.82) is 0 Å². The van der Waals surface area contributed by atoms with E-state index in [0.717, 1.165) is 12.0 Å². The Labute approximate surface area is 187 Å². The van der Waals surface area contributed by atoms with Gasteiger partial charge >= 0.3 is 0 Å². The van der Waals surface area contributed by atoms with Gasteiger partial charge in [0.2, 0.25) is 5.91 Å². The van der Waals surface area contributed by atoms with Crippen LogP contribution in [-0.2, 0) is 14.8 Å². The number of rotatable bonds is 9. The van der Waals surface area contributed by atoms with Gasteiger partial charge in [-0.3, -0.25) is 14.5 Å². The quantitative estimate of drug-likeness (QED) is 0.445. The maximum atomic E-state index is 12.5. The van der Waals surface area contributed by atoms with Crippen molar-refractivity contribution < 1.29 is 22.7 Å². The molecule has 0 saturated heterocycles. The Morgan fingerprint density at radius 2 is 2.06 bits per heavy atom. The van der Waals surface area contributed by atoms with Gasteiger partial charge in [-0.05, 0) is 48.4 Å². The molecule has 1 heterocycles. The maximum absolute atomic E-state index is 12.5. The second kappa shape index (κ2) is 10.6. The molecule has 2 aromatic carbocycles. The molecule has 0 saturated carbocycles. The molecule has 168 valence electrons. The molecule has 2 aromatic rings. The average molecular weight is 456 g/mol. The average Bonchev–Trinajstić information content (AvgIpc) is 3.29. The predicted octanol–water partition coefficient (Wildman–Crippen LogP) is 3.38. The number of nitrogens with zero attached hydrogens (tertiary/aromatic N) is 1. The van der Waals surface area contributed by atoms with Gasteiger partial charge in [0.25, 0.3) is 10.0 Å². The number of amides is 1. The minimum atomic E-state index is -3.76. The van der Waals surface area contributed by atoms with Crippen molar-refractivity contribution >= 4 is 33.5 Å². The summed E-state index contributed by atoms with van der Waals surface area (Å²) >= 11 is 0. The lowest BCUT2D eigenvalue weighted by atomic mass is 10.2. The van der Waals surface area contributed by atoms with Crippen molar-refractivity contribution in [2.24, 2.45) is 4.99 Å². The van der Waals surface area contributed by atoms with Crippen molar-refractivity contribution in [3.8, 4) is 11.5 Å². The predicted molar refractivity (Wildman–Crippen MR) is 125 cm³/mol. The third-order valence-electron chi connectivity index (χ3n) is 4.51. The number of methoxy groups -OCH3 is 1. The number of amidine groups is 1. The molecular weight excluding hydrogens is 430 g/mol. The molecule has 0 aromatic heterocycles. The van der Waals surface area contributed by atoms with Crippen molar-refractivity contribution in [3.05, 3.63) is 66.8 Å². The summed E-state index contributed by atoms with van der Waals surface area (Å²) in [5.41, 5.74) is 1.10. The Morgan fingerprint density at radius 1 is 1.22 bits per heavy atom. The van der Waals surface area contributed by atoms with Crippen LogP contribution in [0.5, 0.6) is 11.5 Å². The lowest BCUT2D eigenvalue weighted by molar-refractivity contribution is -0.111. The van der Waals surface area contributed by atoms with Gasteiger partial charge in [-0.1, -0.05) is 24.8 Å². The maximum Gasteiger partial charge on any atom is 0.262 e. The van der Waals surface area contributed by atoms with Gasteiger partial charge in [0.05, 0.1) is 12.0 Å². The summed E-state index contributed by atoms with van der Waals surface area (Å²) in [6, 6.07) is 11.3. The third kappa shape index (κ3) is 6.21. The minimum Gasteiger partial charge on any atom is -0.493 e. The zero-order chi connectivity index (χ0) is 23.0. The van der Waals surface area contributed by atoms with E-state index in [0.29, 0.717) is 42.6 Å². The number of carbonyl (C=O) groups is 1. The van der Waals surface area contributed by atoms with Crippen LogP contribution >= 0.6 is 0 Å². The molecule has 1 aliphatic rings. The van der Waals surface area contributed by atoms with Gasteiger partial charge in [0.1, 0.15) is 12.4 Å². The van der Waals surface area contributed by atoms with Crippen LogP contribution in [-0.4, -0.2) is 40.4 Å². The highest BCUT2D eigenvalue weighted by molar-refractivity contribution is 7.90. The lowest BCUT2D eigenvalue weighted by Crippen LogP contribution is -2.29. The number of anilines is 1. The summed E-state index contributed by atoms with van der Waals surface area (Å²) in [6.45, 7) is 4.59. The van der Waals surface area contributed by atoms with Crippen LogP contribution in [0.25, 0.3) is 6.08 Å². The normalized spacial score (nSPS) is 13.5. The fraction of sp³-hybridized carbons (Fsp3) is 0.217. The smallest absolute Gasteiger partial charge is 0.262 e. The summed E-state index contributed by atoms with van der Waals surface area (Å²) < 4.78 is 38.4. The van der Waals surface area contributed by atoms with E-state index in [4.69, 9.17) is 9.47 Å². The Bertz CT molecular complexity index is 1160. The number of benzene rings is 2. The molecule has 0 bridgehead atoms. The van der Waals surface area contributed by atoms with Crippen LogP contribution in [0.4, 0.5) is 5.69 Å². The van der Waals surface area contributed by atoms with E-state index >= 15 is 0 Å². The molecule has 32 heavy (non-hydrogen) atoms. The number of carbonyl (C=O) groups excluding carboxylic acids is 1. The molecule has 8 nitrogen and oxygen atoms in total. The van der Waals surface area contributed by atoms with Crippen molar-refractivity contribution in [2.75, 3.05) is 25.6 Å². The molecule has 9 heteroatoms. The van der Waals surface area contributed by atoms with E-state index in [9.17, 15) is 13.2 Å². The number of ether oxygens (including phenoxy) is 2. The largest absolute Gasteiger partial charge is 0.493 e. The van der Waals surface area contributed by atoms with Gasteiger partial charge in [-0.2, -0.15) is 0 Å². The van der Waals surface area contributed by atoms with E-state index < -0.39 is 15.9 Å². The third-order valence-corrected chi connectivity index (χ3v) is 5.89. The highest BCUT2D eigenvalue weighted by Crippen LogP contribution is 2.28. The molecule has 0 unspecified atom stereocenters. The van der Waals surface area contributed by atoms with Crippen LogP contribution in [0.15, 0.2) is 71.1 Å². The van der Waals surface area contributed by atoms with Crippen molar-refractivity contribution in [3.63, 3.8) is 0 Å². The van der Waals surface area contributed by atoms with Gasteiger partial charge in [0, 0.05) is 24.7 Å². The summed E-state index contributed by atoms with van der Waals surface area (Å²) in [4.78, 5) is 16.5. The molecule has 0 atom stereocenters. The molecule has 1 amide bonds. The summed E-state index contributed by atoms with van der Waals surface area (Å²) in [7, 11) is -2.22. The number of sulfonamides is 1. The standard InChI is InChI=1S/C23H25N3O5S/c1-3-14-31-20-11-9-17(15-21(20)30-2)10-12-23(27)25-18-6-4-7-19(16-18)32(28,29)26-22-8-5-13-24-22/h3-4,6-7,9-12,15-16H,1,5,8,13-14H2,2H3,(H,24,26)(H,25,27)/b12-10+.